The standard InChI is InChI=1S/C39H51N5O8S/c45-35(12-6-5-11-34-38-32(28-53-34)42-39(48)43-38)41-18-20-50-22-24-52-26-25-51-23-21-49-19-16-36(46)40-17-15-37(47)44-27-31-9-2-1-7-29(31)13-14-30-8-3-4-10-33(30)44/h1-4,7-10,32,34,38H,5-6,11-12,15-28H2,(H,40,46)(H,41,45)(H2,42,43,48)/t32-,34?,38-/m0/s1. The van der Waals surface area contributed by atoms with Gasteiger partial charge in [0.15, 0.2) is 0 Å². The molecule has 3 aliphatic heterocycles. The molecule has 3 aliphatic rings. The molecule has 0 spiro atoms. The maximum absolute atomic E-state index is 13.3. The van der Waals surface area contributed by atoms with Crippen LogP contribution in [0.1, 0.15) is 55.2 Å². The van der Waals surface area contributed by atoms with E-state index in [9.17, 15) is 19.2 Å². The Morgan fingerprint density at radius 3 is 2.17 bits per heavy atom. The second-order valence-electron chi connectivity index (χ2n) is 12.9. The minimum absolute atomic E-state index is 0.0276. The minimum Gasteiger partial charge on any atom is -0.379 e. The molecule has 4 N–H and O–H groups in total. The number of benzene rings is 2. The van der Waals surface area contributed by atoms with Gasteiger partial charge >= 0.3 is 6.03 Å². The van der Waals surface area contributed by atoms with Gasteiger partial charge in [-0.3, -0.25) is 14.4 Å². The van der Waals surface area contributed by atoms with E-state index in [1.807, 2.05) is 60.3 Å². The Morgan fingerprint density at radius 2 is 1.38 bits per heavy atom. The van der Waals surface area contributed by atoms with Crippen molar-refractivity contribution < 1.29 is 38.1 Å². The summed E-state index contributed by atoms with van der Waals surface area (Å²) in [5.41, 5.74) is 3.45. The van der Waals surface area contributed by atoms with Crippen LogP contribution in [0.3, 0.4) is 0 Å². The van der Waals surface area contributed by atoms with Gasteiger partial charge in [-0.1, -0.05) is 48.6 Å². The molecule has 2 saturated heterocycles. The van der Waals surface area contributed by atoms with E-state index in [-0.39, 0.29) is 61.8 Å². The predicted molar refractivity (Wildman–Crippen MR) is 203 cm³/mol. The highest BCUT2D eigenvalue weighted by Gasteiger charge is 2.42. The van der Waals surface area contributed by atoms with Gasteiger partial charge in [0.25, 0.3) is 0 Å². The summed E-state index contributed by atoms with van der Waals surface area (Å²) in [7, 11) is 0. The summed E-state index contributed by atoms with van der Waals surface area (Å²) < 4.78 is 22.0. The first-order valence-corrected chi connectivity index (χ1v) is 19.5. The molecule has 13 nitrogen and oxygen atoms in total. The smallest absolute Gasteiger partial charge is 0.315 e. The number of para-hydroxylation sites is 1. The average Bonchev–Trinajstić information content (AvgIpc) is 3.71. The molecule has 3 heterocycles. The number of thioether (sulfide) groups is 1. The van der Waals surface area contributed by atoms with Gasteiger partial charge in [0.05, 0.1) is 77.2 Å². The molecule has 2 fully saturated rings. The summed E-state index contributed by atoms with van der Waals surface area (Å²) >= 11 is 1.89. The van der Waals surface area contributed by atoms with Crippen LogP contribution in [0, 0.1) is 11.8 Å². The van der Waals surface area contributed by atoms with Gasteiger partial charge in [0, 0.05) is 54.5 Å². The molecule has 0 bridgehead atoms. The fourth-order valence-electron chi connectivity index (χ4n) is 6.29. The fraction of sp³-hybridized carbons (Fsp3) is 0.538. The van der Waals surface area contributed by atoms with Crippen LogP contribution in [0.5, 0.6) is 0 Å². The van der Waals surface area contributed by atoms with Crippen LogP contribution >= 0.6 is 11.8 Å². The number of ether oxygens (including phenoxy) is 4. The van der Waals surface area contributed by atoms with Gasteiger partial charge in [-0.15, -0.1) is 0 Å². The maximum atomic E-state index is 13.3. The fourth-order valence-corrected chi connectivity index (χ4v) is 7.84. The highest BCUT2D eigenvalue weighted by atomic mass is 32.2. The van der Waals surface area contributed by atoms with E-state index >= 15 is 0 Å². The third kappa shape index (κ3) is 13.3. The Balaban J connectivity index is 0.786. The molecule has 1 unspecified atom stereocenters. The molecule has 14 heteroatoms. The van der Waals surface area contributed by atoms with Crippen LogP contribution in [-0.2, 0) is 39.9 Å². The Morgan fingerprint density at radius 1 is 0.736 bits per heavy atom. The maximum Gasteiger partial charge on any atom is 0.315 e. The van der Waals surface area contributed by atoms with Gasteiger partial charge in [0.1, 0.15) is 0 Å². The van der Waals surface area contributed by atoms with Crippen molar-refractivity contribution in [2.75, 3.05) is 76.6 Å². The number of hydrogen-bond acceptors (Lipinski definition) is 9. The number of amides is 5. The Bertz CT molecular complexity index is 1580. The number of nitrogens with zero attached hydrogens (tertiary/aromatic N) is 1. The van der Waals surface area contributed by atoms with Crippen molar-refractivity contribution >= 4 is 41.2 Å². The van der Waals surface area contributed by atoms with Crippen LogP contribution in [0.15, 0.2) is 48.5 Å². The Hall–Kier alpha value is -4.13. The third-order valence-corrected chi connectivity index (χ3v) is 10.6. The monoisotopic (exact) mass is 749 g/mol. The SMILES string of the molecule is O=C(CCCCC1SC[C@@H]2NC(=O)N[C@H]12)NCCOCCOCCOCCOCCC(=O)NCCC(=O)N1Cc2ccccc2C#Cc2ccccc21. The molecule has 5 amide bonds. The first-order chi connectivity index (χ1) is 26.0. The van der Waals surface area contributed by atoms with Crippen molar-refractivity contribution in [3.05, 3.63) is 65.2 Å². The highest BCUT2D eigenvalue weighted by Crippen LogP contribution is 2.33. The zero-order chi connectivity index (χ0) is 37.1. The molecular weight excluding hydrogens is 699 g/mol. The number of nitrogens with one attached hydrogen (secondary N) is 4. The second kappa shape index (κ2) is 22.2. The molecule has 53 heavy (non-hydrogen) atoms. The summed E-state index contributed by atoms with van der Waals surface area (Å²) in [4.78, 5) is 50.9. The van der Waals surface area contributed by atoms with E-state index in [0.717, 1.165) is 47.4 Å². The van der Waals surface area contributed by atoms with Crippen molar-refractivity contribution in [2.24, 2.45) is 0 Å². The summed E-state index contributed by atoms with van der Waals surface area (Å²) in [6, 6.07) is 15.8. The zero-order valence-electron chi connectivity index (χ0n) is 30.2. The lowest BCUT2D eigenvalue weighted by Gasteiger charge is -2.26. The van der Waals surface area contributed by atoms with Gasteiger partial charge in [-0.05, 0) is 36.6 Å². The molecular formula is C39H51N5O8S. The topological polar surface area (TPSA) is 157 Å². The first-order valence-electron chi connectivity index (χ1n) is 18.5. The molecule has 0 radical (unpaired) electrons. The molecule has 0 saturated carbocycles. The van der Waals surface area contributed by atoms with Crippen molar-refractivity contribution in [2.45, 2.75) is 62.4 Å². The average molecular weight is 750 g/mol. The normalized spacial score (nSPS) is 18.3. The zero-order valence-corrected chi connectivity index (χ0v) is 31.0. The van der Waals surface area contributed by atoms with Gasteiger partial charge in [-0.2, -0.15) is 11.8 Å². The Labute approximate surface area is 316 Å². The quantitative estimate of drug-likeness (QED) is 0.0763. The molecule has 286 valence electrons. The Kier molecular flexibility index (Phi) is 16.8. The summed E-state index contributed by atoms with van der Waals surface area (Å²) in [5, 5.41) is 12.1. The van der Waals surface area contributed by atoms with Crippen LogP contribution in [0.4, 0.5) is 10.5 Å². The van der Waals surface area contributed by atoms with Crippen molar-refractivity contribution in [3.63, 3.8) is 0 Å². The van der Waals surface area contributed by atoms with Crippen molar-refractivity contribution in [1.29, 1.82) is 0 Å². The van der Waals surface area contributed by atoms with Crippen molar-refractivity contribution in [3.8, 4) is 11.8 Å². The summed E-state index contributed by atoms with van der Waals surface area (Å²) in [5.74, 6) is 7.13. The molecule has 2 aromatic rings. The summed E-state index contributed by atoms with van der Waals surface area (Å²) in [6.07, 6.45) is 3.64. The number of carbonyl (C=O) groups is 4. The van der Waals surface area contributed by atoms with Gasteiger partial charge in [-0.25, -0.2) is 4.79 Å². The predicted octanol–water partition coefficient (Wildman–Crippen LogP) is 2.74. The first kappa shape index (κ1) is 40.1. The van der Waals surface area contributed by atoms with E-state index in [1.54, 1.807) is 4.90 Å². The lowest BCUT2D eigenvalue weighted by molar-refractivity contribution is -0.123. The lowest BCUT2D eigenvalue weighted by Crippen LogP contribution is -2.36. The minimum atomic E-state index is -0.177. The van der Waals surface area contributed by atoms with E-state index in [1.165, 1.54) is 0 Å². The number of unbranched alkanes of at least 4 members (excludes halogenated alkanes) is 1. The molecule has 3 atom stereocenters. The summed E-state index contributed by atoms with van der Waals surface area (Å²) in [6.45, 7) is 4.24. The van der Waals surface area contributed by atoms with Crippen LogP contribution in [-0.4, -0.2) is 113 Å². The molecule has 2 aromatic carbocycles. The van der Waals surface area contributed by atoms with Crippen LogP contribution < -0.4 is 26.2 Å². The van der Waals surface area contributed by atoms with Crippen LogP contribution in [0.2, 0.25) is 0 Å². The largest absolute Gasteiger partial charge is 0.379 e. The van der Waals surface area contributed by atoms with E-state index in [4.69, 9.17) is 18.9 Å². The number of urea groups is 1. The van der Waals surface area contributed by atoms with E-state index in [0.29, 0.717) is 71.0 Å². The number of rotatable bonds is 23. The third-order valence-electron chi connectivity index (χ3n) is 9.07. The van der Waals surface area contributed by atoms with Crippen molar-refractivity contribution in [1.82, 2.24) is 21.3 Å². The van der Waals surface area contributed by atoms with Gasteiger partial charge < -0.3 is 45.1 Å². The lowest BCUT2D eigenvalue weighted by atomic mass is 10.0. The molecule has 0 aliphatic carbocycles. The highest BCUT2D eigenvalue weighted by molar-refractivity contribution is 8.00. The number of fused-ring (bicyclic) bond motifs is 3. The van der Waals surface area contributed by atoms with Gasteiger partial charge in [0.2, 0.25) is 17.7 Å². The second-order valence-corrected chi connectivity index (χ2v) is 14.2. The molecule has 0 aromatic heterocycles. The number of anilines is 1. The number of hydrogen-bond donors (Lipinski definition) is 4. The van der Waals surface area contributed by atoms with E-state index in [2.05, 4.69) is 33.1 Å². The van der Waals surface area contributed by atoms with Crippen LogP contribution in [0.25, 0.3) is 0 Å². The van der Waals surface area contributed by atoms with E-state index < -0.39 is 0 Å². The number of carbonyl (C=O) groups excluding carboxylic acids is 4. The molecule has 5 rings (SSSR count).